The highest BCUT2D eigenvalue weighted by Gasteiger charge is 2.53. The van der Waals surface area contributed by atoms with Crippen LogP contribution in [0.1, 0.15) is 47.2 Å². The van der Waals surface area contributed by atoms with Crippen LogP contribution < -0.4 is 9.80 Å². The SMILES string of the molecule is CC1(C)c2ccccc2C2(c3ccccc3-c3cc(N(c4ccccc4)c4ccc(N(c5ccccc5)c5ccc6ccccc6c5)cc4)ccc32)c2ccccc21. The average molecular weight is 743 g/mol. The predicted molar refractivity (Wildman–Crippen MR) is 243 cm³/mol. The summed E-state index contributed by atoms with van der Waals surface area (Å²) in [5.41, 5.74) is 16.9. The molecule has 2 nitrogen and oxygen atoms in total. The van der Waals surface area contributed by atoms with Gasteiger partial charge in [0.1, 0.15) is 0 Å². The molecule has 0 aromatic heterocycles. The molecule has 2 heteroatoms. The zero-order chi connectivity index (χ0) is 38.8. The number of hydrogen-bond donors (Lipinski definition) is 0. The van der Waals surface area contributed by atoms with Gasteiger partial charge < -0.3 is 9.80 Å². The van der Waals surface area contributed by atoms with Crippen LogP contribution in [0.3, 0.4) is 0 Å². The monoisotopic (exact) mass is 742 g/mol. The van der Waals surface area contributed by atoms with Crippen molar-refractivity contribution in [2.45, 2.75) is 24.7 Å². The summed E-state index contributed by atoms with van der Waals surface area (Å²) in [6.07, 6.45) is 0. The lowest BCUT2D eigenvalue weighted by Gasteiger charge is -2.46. The van der Waals surface area contributed by atoms with Gasteiger partial charge in [-0.15, -0.1) is 0 Å². The first-order valence-electron chi connectivity index (χ1n) is 20.3. The number of nitrogens with zero attached hydrogens (tertiary/aromatic N) is 2. The highest BCUT2D eigenvalue weighted by molar-refractivity contribution is 5.93. The number of hydrogen-bond acceptors (Lipinski definition) is 2. The van der Waals surface area contributed by atoms with Gasteiger partial charge in [0.05, 0.1) is 5.41 Å². The molecule has 2 aliphatic carbocycles. The first kappa shape index (κ1) is 34.1. The molecular weight excluding hydrogens is 701 g/mol. The van der Waals surface area contributed by atoms with Crippen molar-refractivity contribution in [2.75, 3.05) is 9.80 Å². The summed E-state index contributed by atoms with van der Waals surface area (Å²) in [5.74, 6) is 0. The maximum absolute atomic E-state index is 2.43. The molecule has 0 saturated carbocycles. The van der Waals surface area contributed by atoms with Gasteiger partial charge in [-0.2, -0.15) is 0 Å². The minimum absolute atomic E-state index is 0.128. The Morgan fingerprint density at radius 3 is 1.26 bits per heavy atom. The summed E-state index contributed by atoms with van der Waals surface area (Å²) in [6, 6.07) is 80.3. The molecule has 0 fully saturated rings. The number of rotatable bonds is 6. The Hall–Kier alpha value is -7.16. The van der Waals surface area contributed by atoms with E-state index in [1.807, 2.05) is 0 Å². The molecule has 0 bridgehead atoms. The van der Waals surface area contributed by atoms with Crippen molar-refractivity contribution >= 4 is 44.9 Å². The third-order valence-corrected chi connectivity index (χ3v) is 12.7. The lowest BCUT2D eigenvalue weighted by Crippen LogP contribution is -2.40. The summed E-state index contributed by atoms with van der Waals surface area (Å²) in [4.78, 5) is 4.74. The van der Waals surface area contributed by atoms with Crippen molar-refractivity contribution in [2.24, 2.45) is 0 Å². The molecule has 9 aromatic rings. The molecule has 9 aromatic carbocycles. The van der Waals surface area contributed by atoms with Crippen LogP contribution in [-0.4, -0.2) is 0 Å². The fraction of sp³-hybridized carbons (Fsp3) is 0.0714. The molecule has 0 saturated heterocycles. The summed E-state index contributed by atoms with van der Waals surface area (Å²) in [5, 5.41) is 2.45. The van der Waals surface area contributed by atoms with Gasteiger partial charge in [-0.3, -0.25) is 0 Å². The molecule has 58 heavy (non-hydrogen) atoms. The quantitative estimate of drug-likeness (QED) is 0.167. The van der Waals surface area contributed by atoms with E-state index in [0.29, 0.717) is 0 Å². The van der Waals surface area contributed by atoms with E-state index >= 15 is 0 Å². The molecule has 11 rings (SSSR count). The number of para-hydroxylation sites is 2. The molecule has 2 aliphatic rings. The molecule has 276 valence electrons. The lowest BCUT2D eigenvalue weighted by molar-refractivity contribution is 0.563. The Morgan fingerprint density at radius 2 is 0.672 bits per heavy atom. The van der Waals surface area contributed by atoms with Gasteiger partial charge in [0.2, 0.25) is 0 Å². The van der Waals surface area contributed by atoms with E-state index in [1.54, 1.807) is 0 Å². The zero-order valence-corrected chi connectivity index (χ0v) is 32.7. The lowest BCUT2D eigenvalue weighted by atomic mass is 9.55. The van der Waals surface area contributed by atoms with Gasteiger partial charge in [0.15, 0.2) is 0 Å². The van der Waals surface area contributed by atoms with E-state index < -0.39 is 5.41 Å². The van der Waals surface area contributed by atoms with Crippen LogP contribution in [0, 0.1) is 0 Å². The second-order valence-electron chi connectivity index (χ2n) is 16.1. The Bertz CT molecular complexity index is 2930. The van der Waals surface area contributed by atoms with Gasteiger partial charge in [-0.1, -0.05) is 159 Å². The second kappa shape index (κ2) is 13.2. The largest absolute Gasteiger partial charge is 0.310 e. The summed E-state index contributed by atoms with van der Waals surface area (Å²) >= 11 is 0. The van der Waals surface area contributed by atoms with Gasteiger partial charge >= 0.3 is 0 Å². The summed E-state index contributed by atoms with van der Waals surface area (Å²) < 4.78 is 0. The van der Waals surface area contributed by atoms with Crippen molar-refractivity contribution in [3.8, 4) is 11.1 Å². The second-order valence-corrected chi connectivity index (χ2v) is 16.1. The molecular formula is C56H42N2. The molecule has 0 N–H and O–H groups in total. The Labute approximate surface area is 340 Å². The van der Waals surface area contributed by atoms with Gasteiger partial charge in [-0.05, 0) is 128 Å². The minimum Gasteiger partial charge on any atom is -0.310 e. The van der Waals surface area contributed by atoms with Crippen LogP contribution >= 0.6 is 0 Å². The smallest absolute Gasteiger partial charge is 0.0719 e. The molecule has 0 heterocycles. The Morgan fingerprint density at radius 1 is 0.276 bits per heavy atom. The Kier molecular flexibility index (Phi) is 7.78. The van der Waals surface area contributed by atoms with E-state index in [0.717, 1.165) is 34.1 Å². The molecule has 0 amide bonds. The van der Waals surface area contributed by atoms with Gasteiger partial charge in [0, 0.05) is 39.5 Å². The van der Waals surface area contributed by atoms with E-state index in [9.17, 15) is 0 Å². The van der Waals surface area contributed by atoms with Crippen LogP contribution in [0.2, 0.25) is 0 Å². The molecule has 0 radical (unpaired) electrons. The van der Waals surface area contributed by atoms with E-state index in [-0.39, 0.29) is 5.41 Å². The normalized spacial score (nSPS) is 14.0. The van der Waals surface area contributed by atoms with Crippen LogP contribution in [0.25, 0.3) is 21.9 Å². The van der Waals surface area contributed by atoms with Crippen LogP contribution in [-0.2, 0) is 10.8 Å². The van der Waals surface area contributed by atoms with Crippen molar-refractivity contribution in [3.05, 3.63) is 252 Å². The average Bonchev–Trinajstić information content (AvgIpc) is 3.57. The van der Waals surface area contributed by atoms with E-state index in [4.69, 9.17) is 0 Å². The van der Waals surface area contributed by atoms with Crippen LogP contribution in [0.4, 0.5) is 34.1 Å². The topological polar surface area (TPSA) is 6.48 Å². The highest BCUT2D eigenvalue weighted by Crippen LogP contribution is 2.62. The third-order valence-electron chi connectivity index (χ3n) is 12.7. The summed E-state index contributed by atoms with van der Waals surface area (Å²) in [6.45, 7) is 4.76. The third kappa shape index (κ3) is 5.05. The fourth-order valence-corrected chi connectivity index (χ4v) is 10.1. The highest BCUT2D eigenvalue weighted by atomic mass is 15.2. The maximum atomic E-state index is 2.43. The Balaban J connectivity index is 1.07. The van der Waals surface area contributed by atoms with Gasteiger partial charge in [-0.25, -0.2) is 0 Å². The minimum atomic E-state index is -0.421. The van der Waals surface area contributed by atoms with Gasteiger partial charge in [0.25, 0.3) is 0 Å². The fourth-order valence-electron chi connectivity index (χ4n) is 10.1. The van der Waals surface area contributed by atoms with Crippen molar-refractivity contribution in [1.82, 2.24) is 0 Å². The first-order chi connectivity index (χ1) is 28.5. The van der Waals surface area contributed by atoms with E-state index in [2.05, 4.69) is 242 Å². The number of anilines is 6. The molecule has 1 spiro atoms. The molecule has 0 atom stereocenters. The standard InChI is InChI=1S/C56H42N2/c1-55(2)51-25-13-15-27-53(51)56(54-28-16-14-26-52(54)55)49-24-12-11-23-47(49)48-38-46(35-36-50(48)56)58(42-21-7-4-8-22-42)44-33-31-43(32-34-44)57(41-19-5-3-6-20-41)45-30-29-39-17-9-10-18-40(39)37-45/h3-38H,1-2H3. The van der Waals surface area contributed by atoms with Crippen molar-refractivity contribution in [1.29, 1.82) is 0 Å². The predicted octanol–water partition coefficient (Wildman–Crippen LogP) is 14.8. The molecule has 0 aliphatic heterocycles. The van der Waals surface area contributed by atoms with Crippen LogP contribution in [0.15, 0.2) is 218 Å². The van der Waals surface area contributed by atoms with Crippen molar-refractivity contribution in [3.63, 3.8) is 0 Å². The first-order valence-corrected chi connectivity index (χ1v) is 20.3. The van der Waals surface area contributed by atoms with E-state index in [1.165, 1.54) is 55.3 Å². The number of fused-ring (bicyclic) bond motifs is 10. The van der Waals surface area contributed by atoms with Crippen molar-refractivity contribution < 1.29 is 0 Å². The summed E-state index contributed by atoms with van der Waals surface area (Å²) in [7, 11) is 0. The number of benzene rings is 9. The molecule has 0 unspecified atom stereocenters. The maximum Gasteiger partial charge on any atom is 0.0719 e. The zero-order valence-electron chi connectivity index (χ0n) is 32.7. The van der Waals surface area contributed by atoms with Crippen LogP contribution in [0.5, 0.6) is 0 Å².